The largest absolute Gasteiger partial charge is 0.456 e. The summed E-state index contributed by atoms with van der Waals surface area (Å²) in [4.78, 5) is 10.8. The Labute approximate surface area is 288 Å². The number of rotatable bonds is 7. The van der Waals surface area contributed by atoms with Gasteiger partial charge in [-0.15, -0.1) is 12.6 Å². The lowest BCUT2D eigenvalue weighted by atomic mass is 9.75. The summed E-state index contributed by atoms with van der Waals surface area (Å²) < 4.78 is 6.65. The Kier molecular flexibility index (Phi) is 8.43. The molecule has 7 rings (SSSR count). The van der Waals surface area contributed by atoms with E-state index in [9.17, 15) is 0 Å². The molecule has 234 valence electrons. The molecule has 4 heteroatoms. The average molecular weight is 641 g/mol. The van der Waals surface area contributed by atoms with Gasteiger partial charge in [0.1, 0.15) is 11.5 Å². The van der Waals surface area contributed by atoms with Gasteiger partial charge in [-0.2, -0.15) is 0 Å². The number of aromatic nitrogens is 2. The molecule has 0 saturated heterocycles. The van der Waals surface area contributed by atoms with Crippen molar-refractivity contribution in [3.63, 3.8) is 0 Å². The van der Waals surface area contributed by atoms with Gasteiger partial charge < -0.3 is 4.74 Å². The van der Waals surface area contributed by atoms with Gasteiger partial charge in [0.25, 0.3) is 0 Å². The van der Waals surface area contributed by atoms with E-state index in [-0.39, 0.29) is 5.41 Å². The SMILES string of the molecule is C=C(/C=C\C=C/C)c1ccc2c(c1S)Oc1cc(-c3ccc(-c4nc(-c5ccccc5)cc(-c5ccccc5)n4)cc3)ccc1C2(C)C. The van der Waals surface area contributed by atoms with Gasteiger partial charge in [0, 0.05) is 33.2 Å². The first-order valence-electron chi connectivity index (χ1n) is 16.1. The molecule has 0 saturated carbocycles. The second-order valence-corrected chi connectivity index (χ2v) is 12.9. The molecule has 1 aliphatic rings. The Balaban J connectivity index is 1.22. The van der Waals surface area contributed by atoms with Crippen molar-refractivity contribution in [1.29, 1.82) is 0 Å². The summed E-state index contributed by atoms with van der Waals surface area (Å²) in [6.45, 7) is 10.7. The normalized spacial score (nSPS) is 13.2. The fraction of sp³-hybridized carbons (Fsp3) is 0.0909. The van der Waals surface area contributed by atoms with Crippen molar-refractivity contribution in [1.82, 2.24) is 9.97 Å². The molecule has 6 aromatic rings. The Morgan fingerprint density at radius 3 is 1.88 bits per heavy atom. The minimum absolute atomic E-state index is 0.263. The summed E-state index contributed by atoms with van der Waals surface area (Å²) >= 11 is 4.96. The molecule has 0 fully saturated rings. The van der Waals surface area contributed by atoms with E-state index in [0.717, 1.165) is 77.9 Å². The summed E-state index contributed by atoms with van der Waals surface area (Å²) in [5.74, 6) is 2.31. The first-order chi connectivity index (χ1) is 23.3. The van der Waals surface area contributed by atoms with Crippen molar-refractivity contribution < 1.29 is 4.74 Å². The fourth-order valence-electron chi connectivity index (χ4n) is 6.26. The molecular weight excluding hydrogens is 605 g/mol. The van der Waals surface area contributed by atoms with Crippen molar-refractivity contribution in [3.05, 3.63) is 169 Å². The van der Waals surface area contributed by atoms with Crippen LogP contribution in [0.15, 0.2) is 157 Å². The summed E-state index contributed by atoms with van der Waals surface area (Å²) in [5, 5.41) is 0. The van der Waals surface area contributed by atoms with E-state index in [1.165, 1.54) is 0 Å². The third-order valence-corrected chi connectivity index (χ3v) is 9.40. The van der Waals surface area contributed by atoms with Gasteiger partial charge in [-0.3, -0.25) is 0 Å². The van der Waals surface area contributed by atoms with Gasteiger partial charge in [-0.05, 0) is 41.3 Å². The molecular formula is C44H36N2OS. The van der Waals surface area contributed by atoms with E-state index in [4.69, 9.17) is 27.3 Å². The van der Waals surface area contributed by atoms with Crippen LogP contribution >= 0.6 is 12.6 Å². The smallest absolute Gasteiger partial charge is 0.160 e. The minimum atomic E-state index is -0.263. The molecule has 0 spiro atoms. The number of benzene rings is 5. The number of thiol groups is 1. The maximum Gasteiger partial charge on any atom is 0.160 e. The molecule has 0 radical (unpaired) electrons. The van der Waals surface area contributed by atoms with Crippen LogP contribution in [0, 0.1) is 0 Å². The number of allylic oxidation sites excluding steroid dienone is 5. The molecule has 5 aromatic carbocycles. The standard InChI is InChI=1S/C44H36N2OS/c1-5-6-9-14-29(2)35-24-26-37-41(42(35)48)47-40-27-34(23-25-36(40)44(37,3)4)30-19-21-33(22-20-30)43-45-38(31-15-10-7-11-16-31)28-39(46-43)32-17-12-8-13-18-32/h5-28,48H,2H2,1,3-4H3/b6-5-,14-9-. The zero-order valence-electron chi connectivity index (χ0n) is 27.3. The Bertz CT molecular complexity index is 2140. The van der Waals surface area contributed by atoms with Crippen molar-refractivity contribution in [2.24, 2.45) is 0 Å². The third-order valence-electron chi connectivity index (χ3n) is 8.96. The summed E-state index contributed by atoms with van der Waals surface area (Å²) in [6.07, 6.45) is 7.96. The Hall–Kier alpha value is -5.45. The fourth-order valence-corrected chi connectivity index (χ4v) is 6.64. The molecule has 0 unspecified atom stereocenters. The highest BCUT2D eigenvalue weighted by molar-refractivity contribution is 7.80. The average Bonchev–Trinajstić information content (AvgIpc) is 3.12. The van der Waals surface area contributed by atoms with Crippen molar-refractivity contribution >= 4 is 18.2 Å². The van der Waals surface area contributed by atoms with E-state index in [1.54, 1.807) is 0 Å². The second kappa shape index (κ2) is 13.0. The number of hydrogen-bond donors (Lipinski definition) is 1. The maximum atomic E-state index is 6.65. The zero-order valence-corrected chi connectivity index (χ0v) is 28.2. The lowest BCUT2D eigenvalue weighted by Crippen LogP contribution is -2.24. The highest BCUT2D eigenvalue weighted by Gasteiger charge is 2.36. The quantitative estimate of drug-likeness (QED) is 0.139. The monoisotopic (exact) mass is 640 g/mol. The molecule has 0 amide bonds. The molecule has 2 heterocycles. The van der Waals surface area contributed by atoms with Gasteiger partial charge in [0.2, 0.25) is 0 Å². The van der Waals surface area contributed by atoms with Crippen LogP contribution in [0.3, 0.4) is 0 Å². The second-order valence-electron chi connectivity index (χ2n) is 12.5. The van der Waals surface area contributed by atoms with Crippen LogP contribution in [0.2, 0.25) is 0 Å². The topological polar surface area (TPSA) is 35.0 Å². The Morgan fingerprint density at radius 2 is 1.25 bits per heavy atom. The third kappa shape index (κ3) is 5.92. The van der Waals surface area contributed by atoms with Crippen LogP contribution in [0.1, 0.15) is 37.5 Å². The predicted octanol–water partition coefficient (Wildman–Crippen LogP) is 12.0. The van der Waals surface area contributed by atoms with Crippen LogP contribution in [0.4, 0.5) is 0 Å². The molecule has 0 atom stereocenters. The minimum Gasteiger partial charge on any atom is -0.456 e. The van der Waals surface area contributed by atoms with Gasteiger partial charge in [0.15, 0.2) is 5.82 Å². The maximum absolute atomic E-state index is 6.65. The van der Waals surface area contributed by atoms with E-state index in [1.807, 2.05) is 67.6 Å². The van der Waals surface area contributed by atoms with Crippen LogP contribution in [-0.2, 0) is 5.41 Å². The van der Waals surface area contributed by atoms with E-state index in [0.29, 0.717) is 5.82 Å². The first kappa shape index (κ1) is 31.2. The molecule has 48 heavy (non-hydrogen) atoms. The number of ether oxygens (including phenoxy) is 1. The van der Waals surface area contributed by atoms with Gasteiger partial charge >= 0.3 is 0 Å². The van der Waals surface area contributed by atoms with Crippen molar-refractivity contribution in [2.75, 3.05) is 0 Å². The summed E-state index contributed by atoms with van der Waals surface area (Å²) in [5.41, 5.74) is 10.8. The van der Waals surface area contributed by atoms with Crippen molar-refractivity contribution in [2.45, 2.75) is 31.1 Å². The number of fused-ring (bicyclic) bond motifs is 2. The predicted molar refractivity (Wildman–Crippen MR) is 203 cm³/mol. The lowest BCUT2D eigenvalue weighted by Gasteiger charge is -2.36. The van der Waals surface area contributed by atoms with Crippen LogP contribution in [0.25, 0.3) is 50.6 Å². The first-order valence-corrected chi connectivity index (χ1v) is 16.6. The highest BCUT2D eigenvalue weighted by atomic mass is 32.1. The van der Waals surface area contributed by atoms with Gasteiger partial charge in [-0.25, -0.2) is 9.97 Å². The van der Waals surface area contributed by atoms with E-state index >= 15 is 0 Å². The zero-order chi connectivity index (χ0) is 33.3. The molecule has 0 N–H and O–H groups in total. The van der Waals surface area contributed by atoms with Crippen molar-refractivity contribution in [3.8, 4) is 56.5 Å². The summed E-state index contributed by atoms with van der Waals surface area (Å²) in [7, 11) is 0. The number of hydrogen-bond acceptors (Lipinski definition) is 4. The van der Waals surface area contributed by atoms with E-state index < -0.39 is 0 Å². The lowest BCUT2D eigenvalue weighted by molar-refractivity contribution is 0.408. The van der Waals surface area contributed by atoms with E-state index in [2.05, 4.69) is 105 Å². The van der Waals surface area contributed by atoms with Crippen LogP contribution in [0.5, 0.6) is 11.5 Å². The molecule has 0 aliphatic carbocycles. The highest BCUT2D eigenvalue weighted by Crippen LogP contribution is 2.52. The summed E-state index contributed by atoms with van der Waals surface area (Å²) in [6, 6.07) is 41.7. The van der Waals surface area contributed by atoms with Gasteiger partial charge in [-0.1, -0.05) is 154 Å². The molecule has 3 nitrogen and oxygen atoms in total. The molecule has 0 bridgehead atoms. The van der Waals surface area contributed by atoms with Crippen LogP contribution < -0.4 is 4.74 Å². The Morgan fingerprint density at radius 1 is 0.667 bits per heavy atom. The molecule has 1 aromatic heterocycles. The molecule has 1 aliphatic heterocycles. The van der Waals surface area contributed by atoms with Gasteiger partial charge in [0.05, 0.1) is 16.3 Å². The number of nitrogens with zero attached hydrogens (tertiary/aromatic N) is 2. The van der Waals surface area contributed by atoms with Crippen LogP contribution in [-0.4, -0.2) is 9.97 Å².